The lowest BCUT2D eigenvalue weighted by molar-refractivity contribution is -0.141. The van der Waals surface area contributed by atoms with Gasteiger partial charge in [0.05, 0.1) is 13.7 Å². The van der Waals surface area contributed by atoms with Crippen molar-refractivity contribution >= 4 is 17.8 Å². The predicted molar refractivity (Wildman–Crippen MR) is 72.6 cm³/mol. The third-order valence-corrected chi connectivity index (χ3v) is 2.65. The monoisotopic (exact) mass is 278 g/mol. The number of hydrogen-bond donors (Lipinski definition) is 1. The first-order valence-corrected chi connectivity index (χ1v) is 6.16. The van der Waals surface area contributed by atoms with Crippen LogP contribution in [0.15, 0.2) is 30.3 Å². The van der Waals surface area contributed by atoms with Crippen LogP contribution in [0.4, 0.5) is 0 Å². The molecular weight excluding hydrogens is 260 g/mol. The molecule has 0 aromatic heterocycles. The Morgan fingerprint density at radius 2 is 1.85 bits per heavy atom. The molecule has 1 aromatic rings. The molecule has 0 radical (unpaired) electrons. The highest BCUT2D eigenvalue weighted by Crippen LogP contribution is 2.04. The molecule has 0 aliphatic rings. The van der Waals surface area contributed by atoms with Crippen molar-refractivity contribution in [3.05, 3.63) is 35.9 Å². The van der Waals surface area contributed by atoms with Crippen LogP contribution < -0.4 is 5.32 Å². The van der Waals surface area contributed by atoms with Gasteiger partial charge in [0.15, 0.2) is 0 Å². The van der Waals surface area contributed by atoms with Gasteiger partial charge in [-0.25, -0.2) is 0 Å². The Labute approximate surface area is 117 Å². The van der Waals surface area contributed by atoms with Gasteiger partial charge in [0.25, 0.3) is 0 Å². The molecule has 6 nitrogen and oxygen atoms in total. The highest BCUT2D eigenvalue weighted by atomic mass is 16.5. The van der Waals surface area contributed by atoms with Gasteiger partial charge in [-0.15, -0.1) is 0 Å². The molecule has 6 heteroatoms. The van der Waals surface area contributed by atoms with Crippen LogP contribution in [0.25, 0.3) is 0 Å². The van der Waals surface area contributed by atoms with Gasteiger partial charge in [0.2, 0.25) is 11.8 Å². The number of nitrogens with zero attached hydrogens (tertiary/aromatic N) is 1. The number of ether oxygens (including phenoxy) is 1. The maximum Gasteiger partial charge on any atom is 0.325 e. The number of rotatable bonds is 6. The molecule has 1 aromatic carbocycles. The van der Waals surface area contributed by atoms with E-state index in [4.69, 9.17) is 0 Å². The molecule has 0 spiro atoms. The first-order valence-electron chi connectivity index (χ1n) is 6.16. The van der Waals surface area contributed by atoms with Gasteiger partial charge in [0, 0.05) is 13.5 Å². The largest absolute Gasteiger partial charge is 0.468 e. The van der Waals surface area contributed by atoms with Crippen molar-refractivity contribution in [3.8, 4) is 0 Å². The van der Waals surface area contributed by atoms with Crippen LogP contribution in [-0.2, 0) is 25.7 Å². The van der Waals surface area contributed by atoms with Crippen LogP contribution in [0.5, 0.6) is 0 Å². The van der Waals surface area contributed by atoms with Crippen molar-refractivity contribution in [1.82, 2.24) is 10.2 Å². The standard InChI is InChI=1S/C14H18N2O4/c1-11(17)16(9-12-6-4-3-5-7-12)10-13(18)15-8-14(19)20-2/h3-7H,8-10H2,1-2H3,(H,15,18). The number of carbonyl (C=O) groups excluding carboxylic acids is 3. The van der Waals surface area contributed by atoms with Crippen LogP contribution in [0, 0.1) is 0 Å². The fraction of sp³-hybridized carbons (Fsp3) is 0.357. The number of amides is 2. The van der Waals surface area contributed by atoms with Gasteiger partial charge in [-0.2, -0.15) is 0 Å². The molecule has 1 N–H and O–H groups in total. The molecule has 0 aliphatic carbocycles. The van der Waals surface area contributed by atoms with Crippen molar-refractivity contribution in [2.24, 2.45) is 0 Å². The minimum absolute atomic E-state index is 0.0960. The van der Waals surface area contributed by atoms with E-state index < -0.39 is 11.9 Å². The maximum atomic E-state index is 11.7. The second-order valence-electron chi connectivity index (χ2n) is 4.21. The van der Waals surface area contributed by atoms with E-state index in [1.807, 2.05) is 30.3 Å². The zero-order valence-electron chi connectivity index (χ0n) is 11.6. The van der Waals surface area contributed by atoms with Gasteiger partial charge in [-0.3, -0.25) is 14.4 Å². The van der Waals surface area contributed by atoms with Gasteiger partial charge in [-0.1, -0.05) is 30.3 Å². The van der Waals surface area contributed by atoms with E-state index in [0.717, 1.165) is 5.56 Å². The van der Waals surface area contributed by atoms with Crippen molar-refractivity contribution in [2.75, 3.05) is 20.2 Å². The molecule has 0 bridgehead atoms. The molecule has 20 heavy (non-hydrogen) atoms. The van der Waals surface area contributed by atoms with Crippen LogP contribution in [0.1, 0.15) is 12.5 Å². The summed E-state index contributed by atoms with van der Waals surface area (Å²) in [5.41, 5.74) is 0.934. The summed E-state index contributed by atoms with van der Waals surface area (Å²) in [4.78, 5) is 35.5. The van der Waals surface area contributed by atoms with E-state index in [-0.39, 0.29) is 19.0 Å². The van der Waals surface area contributed by atoms with E-state index in [9.17, 15) is 14.4 Å². The minimum atomic E-state index is -0.532. The number of hydrogen-bond acceptors (Lipinski definition) is 4. The molecule has 0 atom stereocenters. The zero-order valence-corrected chi connectivity index (χ0v) is 11.6. The molecule has 0 heterocycles. The van der Waals surface area contributed by atoms with Gasteiger partial charge in [0.1, 0.15) is 6.54 Å². The van der Waals surface area contributed by atoms with E-state index in [2.05, 4.69) is 10.1 Å². The topological polar surface area (TPSA) is 75.7 Å². The van der Waals surface area contributed by atoms with Crippen LogP contribution >= 0.6 is 0 Å². The van der Waals surface area contributed by atoms with Crippen LogP contribution in [0.3, 0.4) is 0 Å². The Hall–Kier alpha value is -2.37. The summed E-state index contributed by atoms with van der Waals surface area (Å²) in [6.45, 7) is 1.45. The quantitative estimate of drug-likeness (QED) is 0.761. The highest BCUT2D eigenvalue weighted by Gasteiger charge is 2.14. The van der Waals surface area contributed by atoms with Gasteiger partial charge in [-0.05, 0) is 5.56 Å². The molecule has 0 unspecified atom stereocenters. The Morgan fingerprint density at radius 3 is 2.40 bits per heavy atom. The first-order chi connectivity index (χ1) is 9.52. The molecule has 0 aliphatic heterocycles. The first kappa shape index (κ1) is 15.7. The molecule has 0 fully saturated rings. The average molecular weight is 278 g/mol. The summed E-state index contributed by atoms with van der Waals surface area (Å²) in [6.07, 6.45) is 0. The van der Waals surface area contributed by atoms with Gasteiger partial charge < -0.3 is 15.0 Å². The number of benzene rings is 1. The maximum absolute atomic E-state index is 11.7. The SMILES string of the molecule is COC(=O)CNC(=O)CN(Cc1ccccc1)C(C)=O. The van der Waals surface area contributed by atoms with E-state index >= 15 is 0 Å². The van der Waals surface area contributed by atoms with E-state index in [1.165, 1.54) is 18.9 Å². The summed E-state index contributed by atoms with van der Waals surface area (Å²) in [7, 11) is 1.24. The minimum Gasteiger partial charge on any atom is -0.468 e. The number of methoxy groups -OCH3 is 1. The van der Waals surface area contributed by atoms with Crippen molar-refractivity contribution < 1.29 is 19.1 Å². The molecule has 1 rings (SSSR count). The molecule has 0 saturated heterocycles. The summed E-state index contributed by atoms with van der Waals surface area (Å²) in [6, 6.07) is 9.37. The zero-order chi connectivity index (χ0) is 15.0. The second kappa shape index (κ2) is 7.93. The lowest BCUT2D eigenvalue weighted by atomic mass is 10.2. The number of nitrogens with one attached hydrogen (secondary N) is 1. The van der Waals surface area contributed by atoms with Crippen molar-refractivity contribution in [2.45, 2.75) is 13.5 Å². The Balaban J connectivity index is 2.53. The third kappa shape index (κ3) is 5.51. The van der Waals surface area contributed by atoms with Crippen molar-refractivity contribution in [1.29, 1.82) is 0 Å². The summed E-state index contributed by atoms with van der Waals surface area (Å²) in [5.74, 6) is -1.14. The molecule has 2 amide bonds. The third-order valence-electron chi connectivity index (χ3n) is 2.65. The number of esters is 1. The van der Waals surface area contributed by atoms with E-state index in [1.54, 1.807) is 0 Å². The molecule has 108 valence electrons. The second-order valence-corrected chi connectivity index (χ2v) is 4.21. The lowest BCUT2D eigenvalue weighted by Gasteiger charge is -2.20. The Bertz CT molecular complexity index is 473. The summed E-state index contributed by atoms with van der Waals surface area (Å²) >= 11 is 0. The molecular formula is C14H18N2O4. The lowest BCUT2D eigenvalue weighted by Crippen LogP contribution is -2.41. The van der Waals surface area contributed by atoms with Crippen LogP contribution in [0.2, 0.25) is 0 Å². The van der Waals surface area contributed by atoms with Gasteiger partial charge >= 0.3 is 5.97 Å². The molecule has 0 saturated carbocycles. The fourth-order valence-electron chi connectivity index (χ4n) is 1.55. The van der Waals surface area contributed by atoms with E-state index in [0.29, 0.717) is 6.54 Å². The van der Waals surface area contributed by atoms with Crippen molar-refractivity contribution in [3.63, 3.8) is 0 Å². The Morgan fingerprint density at radius 1 is 1.20 bits per heavy atom. The van der Waals surface area contributed by atoms with Crippen LogP contribution in [-0.4, -0.2) is 42.9 Å². The smallest absolute Gasteiger partial charge is 0.325 e. The fourth-order valence-corrected chi connectivity index (χ4v) is 1.55. The number of carbonyl (C=O) groups is 3. The highest BCUT2D eigenvalue weighted by molar-refractivity contribution is 5.86. The average Bonchev–Trinajstić information content (AvgIpc) is 2.45. The Kier molecular flexibility index (Phi) is 6.22. The normalized spacial score (nSPS) is 9.70. The summed E-state index contributed by atoms with van der Waals surface area (Å²) < 4.78 is 4.41. The summed E-state index contributed by atoms with van der Waals surface area (Å²) in [5, 5.41) is 2.40. The predicted octanol–water partition coefficient (Wildman–Crippen LogP) is 0.324.